The summed E-state index contributed by atoms with van der Waals surface area (Å²) >= 11 is 0. The lowest BCUT2D eigenvalue weighted by atomic mass is 9.92. The van der Waals surface area contributed by atoms with Gasteiger partial charge < -0.3 is 15.1 Å². The van der Waals surface area contributed by atoms with Crippen LogP contribution in [0.5, 0.6) is 0 Å². The largest absolute Gasteiger partial charge is 0.369 e. The molecule has 1 unspecified atom stereocenters. The monoisotopic (exact) mass is 568 g/mol. The fraction of sp³-hybridized carbons (Fsp3) is 0.486. The molecule has 0 spiro atoms. The Morgan fingerprint density at radius 2 is 1.60 bits per heavy atom. The predicted molar refractivity (Wildman–Crippen MR) is 177 cm³/mol. The van der Waals surface area contributed by atoms with Gasteiger partial charge in [0.2, 0.25) is 0 Å². The smallest absolute Gasteiger partial charge is 0.330 e. The lowest BCUT2D eigenvalue weighted by molar-refractivity contribution is 0.199. The molecule has 1 saturated carbocycles. The first-order valence-electron chi connectivity index (χ1n) is 15.7. The van der Waals surface area contributed by atoms with Crippen molar-refractivity contribution in [3.63, 3.8) is 0 Å². The predicted octanol–water partition coefficient (Wildman–Crippen LogP) is 6.99. The van der Waals surface area contributed by atoms with E-state index in [1.807, 2.05) is 22.8 Å². The molecule has 7 heteroatoms. The minimum Gasteiger partial charge on any atom is -0.369 e. The number of amidine groups is 1. The first kappa shape index (κ1) is 29.9. The second kappa shape index (κ2) is 13.6. The number of urea groups is 1. The maximum absolute atomic E-state index is 14.4. The Balaban J connectivity index is 1.45. The molecule has 0 bridgehead atoms. The molecule has 2 heterocycles. The zero-order valence-electron chi connectivity index (χ0n) is 26.1. The molecule has 1 aliphatic carbocycles. The van der Waals surface area contributed by atoms with Gasteiger partial charge in [-0.05, 0) is 89.1 Å². The molecule has 2 saturated heterocycles. The Kier molecular flexibility index (Phi) is 9.68. The first-order chi connectivity index (χ1) is 20.4. The molecule has 0 aromatic heterocycles. The maximum atomic E-state index is 14.4. The number of carbonyl (C=O) groups excluding carboxylic acids is 1. The molecule has 7 nitrogen and oxygen atoms in total. The number of amides is 2. The topological polar surface area (TPSA) is 54.4 Å². The number of carbonyl (C=O) groups is 1. The number of aryl methyl sites for hydroxylation is 2. The summed E-state index contributed by atoms with van der Waals surface area (Å²) in [5.41, 5.74) is 6.62. The molecule has 2 aromatic rings. The Morgan fingerprint density at radius 3 is 2.21 bits per heavy atom. The van der Waals surface area contributed by atoms with Crippen molar-refractivity contribution in [1.82, 2.24) is 9.80 Å². The van der Waals surface area contributed by atoms with E-state index in [1.165, 1.54) is 12.1 Å². The number of piperazine rings is 1. The number of allylic oxidation sites excluding steroid dienone is 2. The number of nitrogens with zero attached hydrogens (tertiary/aromatic N) is 5. The average Bonchev–Trinajstić information content (AvgIpc) is 2.99. The van der Waals surface area contributed by atoms with E-state index < -0.39 is 0 Å². The van der Waals surface area contributed by atoms with E-state index in [0.717, 1.165) is 85.8 Å². The van der Waals surface area contributed by atoms with E-state index in [-0.39, 0.29) is 18.2 Å². The van der Waals surface area contributed by atoms with Crippen LogP contribution in [0.4, 0.5) is 21.9 Å². The first-order valence-corrected chi connectivity index (χ1v) is 15.7. The Labute approximate surface area is 252 Å². The number of hydrogen-bond acceptors (Lipinski definition) is 5. The van der Waals surface area contributed by atoms with Crippen LogP contribution in [-0.2, 0) is 0 Å². The highest BCUT2D eigenvalue weighted by Crippen LogP contribution is 2.34. The van der Waals surface area contributed by atoms with Gasteiger partial charge in [0.1, 0.15) is 12.0 Å². The van der Waals surface area contributed by atoms with Crippen molar-refractivity contribution in [2.45, 2.75) is 72.0 Å². The summed E-state index contributed by atoms with van der Waals surface area (Å²) in [6, 6.07) is 15.2. The van der Waals surface area contributed by atoms with E-state index in [2.05, 4.69) is 97.6 Å². The molecule has 42 heavy (non-hydrogen) atoms. The lowest BCUT2D eigenvalue weighted by Crippen LogP contribution is -2.58. The molecule has 2 amide bonds. The molecular weight excluding hydrogens is 520 g/mol. The van der Waals surface area contributed by atoms with Crippen molar-refractivity contribution >= 4 is 28.9 Å². The Hall–Kier alpha value is -3.58. The van der Waals surface area contributed by atoms with Crippen LogP contribution in [0.1, 0.15) is 57.1 Å². The zero-order valence-corrected chi connectivity index (χ0v) is 26.1. The molecule has 5 rings (SSSR count). The van der Waals surface area contributed by atoms with Gasteiger partial charge in [-0.2, -0.15) is 0 Å². The number of rotatable bonds is 7. The zero-order chi connectivity index (χ0) is 29.6. The second-order valence-electron chi connectivity index (χ2n) is 12.0. The Bertz CT molecular complexity index is 1300. The number of nitrogens with one attached hydrogen (secondary N) is 1. The molecule has 1 N–H and O–H groups in total. The van der Waals surface area contributed by atoms with Gasteiger partial charge in [-0.25, -0.2) is 9.79 Å². The van der Waals surface area contributed by atoms with Gasteiger partial charge in [-0.3, -0.25) is 9.80 Å². The van der Waals surface area contributed by atoms with Gasteiger partial charge in [0, 0.05) is 49.2 Å². The summed E-state index contributed by atoms with van der Waals surface area (Å²) in [5, 5.41) is 3.63. The molecular formula is C35H48N6O. The van der Waals surface area contributed by atoms with Gasteiger partial charge >= 0.3 is 6.03 Å². The molecule has 1 atom stereocenters. The molecule has 3 aliphatic rings. The van der Waals surface area contributed by atoms with Gasteiger partial charge in [0.05, 0.1) is 12.2 Å². The van der Waals surface area contributed by atoms with Crippen molar-refractivity contribution < 1.29 is 4.79 Å². The van der Waals surface area contributed by atoms with Crippen molar-refractivity contribution in [1.29, 1.82) is 0 Å². The van der Waals surface area contributed by atoms with Crippen LogP contribution >= 0.6 is 0 Å². The van der Waals surface area contributed by atoms with E-state index in [0.29, 0.717) is 6.54 Å². The van der Waals surface area contributed by atoms with E-state index >= 15 is 0 Å². The van der Waals surface area contributed by atoms with Crippen LogP contribution in [0, 0.1) is 13.8 Å². The molecule has 2 aromatic carbocycles. The van der Waals surface area contributed by atoms with Crippen LogP contribution in [0.25, 0.3) is 0 Å². The van der Waals surface area contributed by atoms with Crippen LogP contribution < -0.4 is 15.1 Å². The van der Waals surface area contributed by atoms with E-state index in [1.54, 1.807) is 0 Å². The highest BCUT2D eigenvalue weighted by atomic mass is 16.2. The number of para-hydroxylation sites is 1. The highest BCUT2D eigenvalue weighted by molar-refractivity contribution is 6.16. The minimum absolute atomic E-state index is 0.0411. The molecule has 3 fully saturated rings. The highest BCUT2D eigenvalue weighted by Gasteiger charge is 2.40. The van der Waals surface area contributed by atoms with Crippen molar-refractivity contribution in [2.75, 3.05) is 54.9 Å². The fourth-order valence-electron chi connectivity index (χ4n) is 6.57. The number of hydrogen-bond donors (Lipinski definition) is 1. The summed E-state index contributed by atoms with van der Waals surface area (Å²) in [5.74, 6) is 0.807. The quantitative estimate of drug-likeness (QED) is 0.366. The van der Waals surface area contributed by atoms with Gasteiger partial charge in [0.15, 0.2) is 0 Å². The van der Waals surface area contributed by atoms with Crippen LogP contribution in [-0.4, -0.2) is 73.6 Å². The summed E-state index contributed by atoms with van der Waals surface area (Å²) < 4.78 is 0. The summed E-state index contributed by atoms with van der Waals surface area (Å²) in [4.78, 5) is 28.5. The number of likely N-dealkylation sites (N-methyl/N-ethyl adjacent to an activating group) is 1. The van der Waals surface area contributed by atoms with Crippen LogP contribution in [0.2, 0.25) is 0 Å². The van der Waals surface area contributed by atoms with Crippen molar-refractivity contribution in [3.05, 3.63) is 77.4 Å². The molecule has 224 valence electrons. The maximum Gasteiger partial charge on any atom is 0.330 e. The third kappa shape index (κ3) is 6.57. The van der Waals surface area contributed by atoms with E-state index in [9.17, 15) is 4.79 Å². The summed E-state index contributed by atoms with van der Waals surface area (Å²) in [6.45, 7) is 13.1. The third-order valence-corrected chi connectivity index (χ3v) is 8.96. The number of benzene rings is 2. The number of aliphatic imine (C=N–C) groups is 1. The van der Waals surface area contributed by atoms with Crippen LogP contribution in [0.15, 0.2) is 71.3 Å². The van der Waals surface area contributed by atoms with E-state index in [4.69, 9.17) is 4.99 Å². The van der Waals surface area contributed by atoms with Crippen LogP contribution in [0.3, 0.4) is 0 Å². The molecule has 0 radical (unpaired) electrons. The van der Waals surface area contributed by atoms with Gasteiger partial charge in [-0.1, -0.05) is 49.6 Å². The average molecular weight is 569 g/mol. The summed E-state index contributed by atoms with van der Waals surface area (Å²) in [7, 11) is 2.18. The Morgan fingerprint density at radius 1 is 0.929 bits per heavy atom. The third-order valence-electron chi connectivity index (χ3n) is 8.96. The second-order valence-corrected chi connectivity index (χ2v) is 12.0. The van der Waals surface area contributed by atoms with Crippen molar-refractivity contribution in [3.8, 4) is 0 Å². The normalized spacial score (nSPS) is 22.0. The number of anilines is 3. The van der Waals surface area contributed by atoms with Crippen molar-refractivity contribution in [2.24, 2.45) is 4.99 Å². The fourth-order valence-corrected chi connectivity index (χ4v) is 6.57. The minimum atomic E-state index is -0.292. The van der Waals surface area contributed by atoms with Gasteiger partial charge in [0.25, 0.3) is 0 Å². The lowest BCUT2D eigenvalue weighted by Gasteiger charge is -2.44. The van der Waals surface area contributed by atoms with Gasteiger partial charge in [-0.15, -0.1) is 0 Å². The molecule has 2 aliphatic heterocycles. The SMILES string of the molecule is C/C=C\C(/N=C1\C(=C/C)CN(c2c(C)cccc2C)C(=O)N1C1CCCCC1)Nc1ccc(N2CCN(C)CC2)cc1. The summed E-state index contributed by atoms with van der Waals surface area (Å²) in [6.07, 6.45) is 11.5. The standard InChI is InChI=1S/C35H48N6O/c1-6-12-32(36-29-17-19-30(20-18-29)39-23-21-38(5)22-24-39)37-34-28(7-2)25-40(33-26(3)13-11-14-27(33)4)35(42)41(34)31-15-9-8-10-16-31/h6-7,11-14,17-20,31-32,36H,8-10,15-16,21-25H2,1-5H3/b12-6-,28-7-,37-34+.